The van der Waals surface area contributed by atoms with Gasteiger partial charge in [0.2, 0.25) is 9.70 Å². The van der Waals surface area contributed by atoms with Crippen molar-refractivity contribution in [2.45, 2.75) is 9.96 Å². The molecule has 2 rings (SSSR count). The van der Waals surface area contributed by atoms with Crippen LogP contribution < -0.4 is 20.7 Å². The molecular formula is C19H18Cl3N3O2S. The normalized spacial score (nSPS) is 12.3. The number of hydrogen-bond acceptors (Lipinski definition) is 3. The number of ether oxygens (including phenoxy) is 1. The predicted octanol–water partition coefficient (Wildman–Crippen LogP) is 4.51. The first-order valence-corrected chi connectivity index (χ1v) is 9.64. The van der Waals surface area contributed by atoms with Crippen LogP contribution in [-0.4, -0.2) is 28.1 Å². The first-order chi connectivity index (χ1) is 13.3. The van der Waals surface area contributed by atoms with Crippen LogP contribution in [0.5, 0.6) is 5.75 Å². The molecule has 28 heavy (non-hydrogen) atoms. The number of methoxy groups -OCH3 is 1. The molecule has 148 valence electrons. The van der Waals surface area contributed by atoms with Crippen molar-refractivity contribution in [3.05, 3.63) is 66.2 Å². The molecule has 0 bridgehead atoms. The zero-order valence-electron chi connectivity index (χ0n) is 14.8. The standard InChI is InChI=1S/C19H18Cl3N3O2S/c1-27-15-10-6-5-9-14(15)23-18(28)25-17(19(20,21)22)24-16(26)12-11-13-7-3-2-4-8-13/h2-12,17H,1H3,(H,24,26)(H2,23,25,28)/b12-11+. The third kappa shape index (κ3) is 7.20. The second-order valence-corrected chi connectivity index (χ2v) is 8.30. The number of carbonyl (C=O) groups excluding carboxylic acids is 1. The maximum atomic E-state index is 12.2. The summed E-state index contributed by atoms with van der Waals surface area (Å²) in [6, 6.07) is 16.5. The average Bonchev–Trinajstić information content (AvgIpc) is 2.66. The van der Waals surface area contributed by atoms with Crippen molar-refractivity contribution in [1.29, 1.82) is 0 Å². The third-order valence-electron chi connectivity index (χ3n) is 3.47. The highest BCUT2D eigenvalue weighted by Crippen LogP contribution is 2.29. The Bertz CT molecular complexity index is 842. The summed E-state index contributed by atoms with van der Waals surface area (Å²) in [5.74, 6) is 0.139. The number of halogens is 3. The molecular weight excluding hydrogens is 441 g/mol. The van der Waals surface area contributed by atoms with Crippen LogP contribution in [-0.2, 0) is 4.79 Å². The molecule has 1 atom stereocenters. The topological polar surface area (TPSA) is 62.4 Å². The van der Waals surface area contributed by atoms with Gasteiger partial charge in [-0.25, -0.2) is 0 Å². The minimum Gasteiger partial charge on any atom is -0.495 e. The second-order valence-electron chi connectivity index (χ2n) is 5.53. The van der Waals surface area contributed by atoms with Crippen LogP contribution in [0, 0.1) is 0 Å². The van der Waals surface area contributed by atoms with Crippen molar-refractivity contribution < 1.29 is 9.53 Å². The minimum absolute atomic E-state index is 0.146. The Hall–Kier alpha value is -1.99. The summed E-state index contributed by atoms with van der Waals surface area (Å²) in [6.07, 6.45) is 1.92. The molecule has 3 N–H and O–H groups in total. The fraction of sp³-hybridized carbons (Fsp3) is 0.158. The second kappa shape index (κ2) is 10.5. The van der Waals surface area contributed by atoms with Crippen LogP contribution in [0.1, 0.15) is 5.56 Å². The van der Waals surface area contributed by atoms with E-state index in [4.69, 9.17) is 51.8 Å². The van der Waals surface area contributed by atoms with E-state index in [0.29, 0.717) is 11.4 Å². The average molecular weight is 459 g/mol. The van der Waals surface area contributed by atoms with E-state index in [-0.39, 0.29) is 5.11 Å². The highest BCUT2D eigenvalue weighted by molar-refractivity contribution is 7.80. The molecule has 0 saturated heterocycles. The Morgan fingerprint density at radius 2 is 1.71 bits per heavy atom. The van der Waals surface area contributed by atoms with E-state index in [0.717, 1.165) is 5.56 Å². The number of rotatable bonds is 6. The van der Waals surface area contributed by atoms with Crippen molar-refractivity contribution >= 4 is 69.8 Å². The molecule has 1 amide bonds. The van der Waals surface area contributed by atoms with Gasteiger partial charge in [0.15, 0.2) is 5.11 Å². The van der Waals surface area contributed by atoms with E-state index in [1.54, 1.807) is 25.3 Å². The number of amides is 1. The van der Waals surface area contributed by atoms with Crippen LogP contribution in [0.4, 0.5) is 5.69 Å². The summed E-state index contributed by atoms with van der Waals surface area (Å²) in [6.45, 7) is 0. The van der Waals surface area contributed by atoms with E-state index in [2.05, 4.69) is 16.0 Å². The molecule has 5 nitrogen and oxygen atoms in total. The molecule has 0 fully saturated rings. The SMILES string of the molecule is COc1ccccc1NC(=S)NC(NC(=O)/C=C/c1ccccc1)C(Cl)(Cl)Cl. The van der Waals surface area contributed by atoms with Gasteiger partial charge in [-0.2, -0.15) is 0 Å². The van der Waals surface area contributed by atoms with Crippen LogP contribution in [0.3, 0.4) is 0 Å². The van der Waals surface area contributed by atoms with E-state index in [9.17, 15) is 4.79 Å². The number of alkyl halides is 3. The maximum absolute atomic E-state index is 12.2. The van der Waals surface area contributed by atoms with Crippen molar-refractivity contribution in [1.82, 2.24) is 10.6 Å². The van der Waals surface area contributed by atoms with Gasteiger partial charge in [0.05, 0.1) is 12.8 Å². The monoisotopic (exact) mass is 457 g/mol. The number of benzene rings is 2. The van der Waals surface area contributed by atoms with Crippen molar-refractivity contribution in [2.75, 3.05) is 12.4 Å². The lowest BCUT2D eigenvalue weighted by Gasteiger charge is -2.27. The summed E-state index contributed by atoms with van der Waals surface area (Å²) < 4.78 is 3.41. The molecule has 0 heterocycles. The molecule has 0 radical (unpaired) electrons. The summed E-state index contributed by atoms with van der Waals surface area (Å²) in [7, 11) is 1.54. The highest BCUT2D eigenvalue weighted by atomic mass is 35.6. The van der Waals surface area contributed by atoms with Gasteiger partial charge in [-0.15, -0.1) is 0 Å². The van der Waals surface area contributed by atoms with Crippen molar-refractivity contribution in [3.63, 3.8) is 0 Å². The predicted molar refractivity (Wildman–Crippen MR) is 120 cm³/mol. The van der Waals surface area contributed by atoms with Crippen LogP contribution in [0.2, 0.25) is 0 Å². The van der Waals surface area contributed by atoms with Gasteiger partial charge < -0.3 is 20.7 Å². The van der Waals surface area contributed by atoms with Crippen LogP contribution >= 0.6 is 47.0 Å². The van der Waals surface area contributed by atoms with Gasteiger partial charge in [0.1, 0.15) is 11.9 Å². The summed E-state index contributed by atoms with van der Waals surface area (Å²) >= 11 is 23.2. The lowest BCUT2D eigenvalue weighted by Crippen LogP contribution is -2.55. The molecule has 1 unspecified atom stereocenters. The number of thiocarbonyl (C=S) groups is 1. The molecule has 0 saturated carbocycles. The fourth-order valence-electron chi connectivity index (χ4n) is 2.16. The van der Waals surface area contributed by atoms with Gasteiger partial charge >= 0.3 is 0 Å². The van der Waals surface area contributed by atoms with Gasteiger partial charge in [-0.3, -0.25) is 4.79 Å². The molecule has 0 spiro atoms. The van der Waals surface area contributed by atoms with Crippen molar-refractivity contribution in [3.8, 4) is 5.75 Å². The van der Waals surface area contributed by atoms with Crippen molar-refractivity contribution in [2.24, 2.45) is 0 Å². The molecule has 2 aromatic carbocycles. The number of para-hydroxylation sites is 2. The lowest BCUT2D eigenvalue weighted by atomic mass is 10.2. The zero-order chi connectivity index (χ0) is 20.6. The van der Waals surface area contributed by atoms with Gasteiger partial charge in [0, 0.05) is 6.08 Å². The number of carbonyl (C=O) groups is 1. The van der Waals surface area contributed by atoms with E-state index in [1.165, 1.54) is 6.08 Å². The Morgan fingerprint density at radius 1 is 1.07 bits per heavy atom. The minimum atomic E-state index is -1.84. The first kappa shape index (κ1) is 22.3. The largest absolute Gasteiger partial charge is 0.495 e. The fourth-order valence-corrected chi connectivity index (χ4v) is 2.72. The summed E-state index contributed by atoms with van der Waals surface area (Å²) in [5, 5.41) is 8.46. The number of anilines is 1. The Kier molecular flexibility index (Phi) is 8.38. The number of nitrogens with one attached hydrogen (secondary N) is 3. The quantitative estimate of drug-likeness (QED) is 0.257. The van der Waals surface area contributed by atoms with Gasteiger partial charge in [-0.1, -0.05) is 77.3 Å². The summed E-state index contributed by atoms with van der Waals surface area (Å²) in [5.41, 5.74) is 1.49. The zero-order valence-corrected chi connectivity index (χ0v) is 17.9. The Morgan fingerprint density at radius 3 is 2.36 bits per heavy atom. The molecule has 0 aliphatic heterocycles. The van der Waals surface area contributed by atoms with Crippen LogP contribution in [0.25, 0.3) is 6.08 Å². The molecule has 0 aromatic heterocycles. The summed E-state index contributed by atoms with van der Waals surface area (Å²) in [4.78, 5) is 12.2. The van der Waals surface area contributed by atoms with Crippen LogP contribution in [0.15, 0.2) is 60.7 Å². The third-order valence-corrected chi connectivity index (χ3v) is 4.35. The molecule has 0 aliphatic rings. The van der Waals surface area contributed by atoms with Gasteiger partial charge in [0.25, 0.3) is 0 Å². The molecule has 2 aromatic rings. The maximum Gasteiger partial charge on any atom is 0.245 e. The smallest absolute Gasteiger partial charge is 0.245 e. The van der Waals surface area contributed by atoms with E-state index < -0.39 is 15.9 Å². The highest BCUT2D eigenvalue weighted by Gasteiger charge is 2.34. The van der Waals surface area contributed by atoms with Gasteiger partial charge in [-0.05, 0) is 36.0 Å². The molecule has 0 aliphatic carbocycles. The van der Waals surface area contributed by atoms with E-state index >= 15 is 0 Å². The molecule has 9 heteroatoms. The number of hydrogen-bond donors (Lipinski definition) is 3. The van der Waals surface area contributed by atoms with E-state index in [1.807, 2.05) is 42.5 Å². The Labute approximate surface area is 184 Å². The Balaban J connectivity index is 2.02. The first-order valence-electron chi connectivity index (χ1n) is 8.10. The lowest BCUT2D eigenvalue weighted by molar-refractivity contribution is -0.117.